The Morgan fingerprint density at radius 2 is 1.92 bits per heavy atom. The monoisotopic (exact) mass is 458 g/mol. The Morgan fingerprint density at radius 3 is 2.50 bits per heavy atom. The molecule has 138 valence electrons. The highest BCUT2D eigenvalue weighted by Crippen LogP contribution is 2.29. The number of guanidine groups is 1. The predicted molar refractivity (Wildman–Crippen MR) is 103 cm³/mol. The summed E-state index contributed by atoms with van der Waals surface area (Å²) in [6, 6.07) is 5.26. The van der Waals surface area contributed by atoms with Crippen molar-refractivity contribution in [1.29, 1.82) is 0 Å². The van der Waals surface area contributed by atoms with E-state index in [2.05, 4.69) is 20.5 Å². The molecule has 0 aliphatic heterocycles. The van der Waals surface area contributed by atoms with E-state index in [0.29, 0.717) is 18.1 Å². The number of nitrogens with one attached hydrogen (secondary N) is 2. The van der Waals surface area contributed by atoms with Crippen molar-refractivity contribution in [3.63, 3.8) is 0 Å². The maximum absolute atomic E-state index is 12.7. The van der Waals surface area contributed by atoms with Gasteiger partial charge in [0, 0.05) is 13.1 Å². The van der Waals surface area contributed by atoms with Gasteiger partial charge in [0.05, 0.1) is 12.1 Å². The van der Waals surface area contributed by atoms with Crippen LogP contribution in [0.4, 0.5) is 13.2 Å². The van der Waals surface area contributed by atoms with Gasteiger partial charge in [0.25, 0.3) is 0 Å². The minimum absolute atomic E-state index is 0. The molecule has 24 heavy (non-hydrogen) atoms. The van der Waals surface area contributed by atoms with Crippen LogP contribution in [0.5, 0.6) is 0 Å². The van der Waals surface area contributed by atoms with Gasteiger partial charge in [-0.25, -0.2) is 4.99 Å². The van der Waals surface area contributed by atoms with Crippen LogP contribution in [0.3, 0.4) is 0 Å². The Morgan fingerprint density at radius 1 is 1.21 bits per heavy atom. The molecule has 0 saturated heterocycles. The van der Waals surface area contributed by atoms with Gasteiger partial charge in [-0.2, -0.15) is 13.2 Å². The molecule has 0 spiro atoms. The van der Waals surface area contributed by atoms with Crippen molar-refractivity contribution in [3.05, 3.63) is 35.4 Å². The lowest BCUT2D eigenvalue weighted by molar-refractivity contribution is -0.137. The van der Waals surface area contributed by atoms with Crippen molar-refractivity contribution in [3.8, 4) is 0 Å². The fourth-order valence-electron chi connectivity index (χ4n) is 1.96. The van der Waals surface area contributed by atoms with Crippen LogP contribution in [0.1, 0.15) is 24.5 Å². The van der Waals surface area contributed by atoms with Crippen molar-refractivity contribution in [1.82, 2.24) is 15.5 Å². The summed E-state index contributed by atoms with van der Waals surface area (Å²) in [5.74, 6) is 0.615. The van der Waals surface area contributed by atoms with Crippen LogP contribution in [0.25, 0.3) is 0 Å². The van der Waals surface area contributed by atoms with Crippen molar-refractivity contribution in [2.45, 2.75) is 26.1 Å². The Balaban J connectivity index is 0.00000529. The van der Waals surface area contributed by atoms with Crippen LogP contribution in [0, 0.1) is 0 Å². The third-order valence-corrected chi connectivity index (χ3v) is 3.09. The Kier molecular flexibility index (Phi) is 11.0. The topological polar surface area (TPSA) is 39.7 Å². The molecule has 0 unspecified atom stereocenters. The van der Waals surface area contributed by atoms with E-state index in [1.807, 2.05) is 21.0 Å². The molecule has 4 nitrogen and oxygen atoms in total. The van der Waals surface area contributed by atoms with Gasteiger partial charge < -0.3 is 15.5 Å². The minimum atomic E-state index is -4.32. The third kappa shape index (κ3) is 9.31. The Labute approximate surface area is 158 Å². The smallest absolute Gasteiger partial charge is 0.357 e. The molecule has 0 bridgehead atoms. The average Bonchev–Trinajstić information content (AvgIpc) is 2.48. The maximum Gasteiger partial charge on any atom is 0.416 e. The summed E-state index contributed by atoms with van der Waals surface area (Å²) < 4.78 is 38.1. The Hall–Kier alpha value is -1.03. The molecule has 0 aliphatic carbocycles. The number of benzene rings is 1. The third-order valence-electron chi connectivity index (χ3n) is 3.09. The van der Waals surface area contributed by atoms with Crippen LogP contribution < -0.4 is 10.6 Å². The zero-order valence-corrected chi connectivity index (χ0v) is 16.6. The lowest BCUT2D eigenvalue weighted by Gasteiger charge is -2.13. The zero-order chi connectivity index (χ0) is 17.3. The summed E-state index contributed by atoms with van der Waals surface area (Å²) in [5.41, 5.74) is -0.112. The normalized spacial score (nSPS) is 12.0. The van der Waals surface area contributed by atoms with Crippen molar-refractivity contribution in [2.24, 2.45) is 4.99 Å². The summed E-state index contributed by atoms with van der Waals surface area (Å²) in [4.78, 5) is 6.43. The molecule has 0 radical (unpaired) electrons. The number of rotatable bonds is 7. The van der Waals surface area contributed by atoms with Crippen LogP contribution >= 0.6 is 24.0 Å². The molecular weight excluding hydrogens is 432 g/mol. The van der Waals surface area contributed by atoms with Gasteiger partial charge in [-0.3, -0.25) is 0 Å². The van der Waals surface area contributed by atoms with Crippen LogP contribution in [0.15, 0.2) is 29.3 Å². The second-order valence-corrected chi connectivity index (χ2v) is 5.48. The highest BCUT2D eigenvalue weighted by Gasteiger charge is 2.30. The summed E-state index contributed by atoms with van der Waals surface area (Å²) in [6.07, 6.45) is -3.37. The fraction of sp³-hybridized carbons (Fsp3) is 0.562. The first kappa shape index (κ1) is 23.0. The van der Waals surface area contributed by atoms with E-state index in [1.165, 1.54) is 6.07 Å². The predicted octanol–water partition coefficient (Wildman–Crippen LogP) is 3.33. The van der Waals surface area contributed by atoms with Crippen molar-refractivity contribution >= 4 is 29.9 Å². The van der Waals surface area contributed by atoms with Gasteiger partial charge in [-0.1, -0.05) is 12.1 Å². The SMILES string of the molecule is CCNC(=NCc1cccc(C(F)(F)F)c1)NCCCN(C)C.I. The summed E-state index contributed by atoms with van der Waals surface area (Å²) in [5, 5.41) is 6.27. The number of nitrogens with zero attached hydrogens (tertiary/aromatic N) is 2. The molecule has 0 fully saturated rings. The van der Waals surface area contributed by atoms with Crippen LogP contribution in [-0.2, 0) is 12.7 Å². The zero-order valence-electron chi connectivity index (χ0n) is 14.3. The molecule has 2 N–H and O–H groups in total. The van der Waals surface area contributed by atoms with Crippen LogP contribution in [0.2, 0.25) is 0 Å². The molecule has 0 heterocycles. The van der Waals surface area contributed by atoms with E-state index in [9.17, 15) is 13.2 Å². The minimum Gasteiger partial charge on any atom is -0.357 e. The lowest BCUT2D eigenvalue weighted by atomic mass is 10.1. The number of hydrogen-bond donors (Lipinski definition) is 2. The second kappa shape index (κ2) is 11.5. The summed E-state index contributed by atoms with van der Waals surface area (Å²) >= 11 is 0. The largest absolute Gasteiger partial charge is 0.416 e. The first-order valence-electron chi connectivity index (χ1n) is 7.66. The number of hydrogen-bond acceptors (Lipinski definition) is 2. The molecule has 1 aromatic rings. The molecule has 1 rings (SSSR count). The van der Waals surface area contributed by atoms with Gasteiger partial charge in [0.2, 0.25) is 0 Å². The lowest BCUT2D eigenvalue weighted by Crippen LogP contribution is -2.38. The molecule has 1 aromatic carbocycles. The number of halogens is 4. The van der Waals surface area contributed by atoms with Crippen molar-refractivity contribution in [2.75, 3.05) is 33.7 Å². The maximum atomic E-state index is 12.7. The molecule has 0 atom stereocenters. The van der Waals surface area contributed by atoms with Crippen molar-refractivity contribution < 1.29 is 13.2 Å². The molecule has 0 aliphatic rings. The van der Waals surface area contributed by atoms with Gasteiger partial charge in [0.15, 0.2) is 5.96 Å². The van der Waals surface area contributed by atoms with Crippen LogP contribution in [-0.4, -0.2) is 44.6 Å². The summed E-state index contributed by atoms with van der Waals surface area (Å²) in [6.45, 7) is 4.56. The highest BCUT2D eigenvalue weighted by molar-refractivity contribution is 14.0. The molecule has 0 saturated carbocycles. The second-order valence-electron chi connectivity index (χ2n) is 5.48. The first-order chi connectivity index (χ1) is 10.8. The van der Waals surface area contributed by atoms with E-state index in [4.69, 9.17) is 0 Å². The van der Waals surface area contributed by atoms with Gasteiger partial charge >= 0.3 is 6.18 Å². The number of aliphatic imine (C=N–C) groups is 1. The highest BCUT2D eigenvalue weighted by atomic mass is 127. The fourth-order valence-corrected chi connectivity index (χ4v) is 1.96. The van der Waals surface area contributed by atoms with Gasteiger partial charge in [-0.15, -0.1) is 24.0 Å². The standard InChI is InChI=1S/C16H25F3N4.HI/c1-4-20-15(21-9-6-10-23(2)3)22-12-13-7-5-8-14(11-13)16(17,18)19;/h5,7-8,11H,4,6,9-10,12H2,1-3H3,(H2,20,21,22);1H. The summed E-state index contributed by atoms with van der Waals surface area (Å²) in [7, 11) is 4.01. The van der Waals surface area contributed by atoms with E-state index in [0.717, 1.165) is 31.6 Å². The average molecular weight is 458 g/mol. The molecule has 8 heteroatoms. The van der Waals surface area contributed by atoms with E-state index in [1.54, 1.807) is 6.07 Å². The molecule has 0 amide bonds. The Bertz CT molecular complexity index is 504. The van der Waals surface area contributed by atoms with E-state index < -0.39 is 11.7 Å². The van der Waals surface area contributed by atoms with Gasteiger partial charge in [0.1, 0.15) is 0 Å². The number of alkyl halides is 3. The van der Waals surface area contributed by atoms with Gasteiger partial charge in [-0.05, 0) is 51.7 Å². The molecular formula is C16H26F3IN4. The molecule has 0 aromatic heterocycles. The quantitative estimate of drug-likeness (QED) is 0.285. The first-order valence-corrected chi connectivity index (χ1v) is 7.66. The van der Waals surface area contributed by atoms with E-state index >= 15 is 0 Å². The van der Waals surface area contributed by atoms with E-state index in [-0.39, 0.29) is 30.5 Å².